The first-order valence-electron chi connectivity index (χ1n) is 8.08. The molecule has 1 aliphatic heterocycles. The molecule has 100 valence electrons. The van der Waals surface area contributed by atoms with E-state index in [9.17, 15) is 0 Å². The van der Waals surface area contributed by atoms with E-state index in [-0.39, 0.29) is 0 Å². The molecule has 1 unspecified atom stereocenters. The Labute approximate surface area is 119 Å². The lowest BCUT2D eigenvalue weighted by atomic mass is 9.61. The molecule has 0 N–H and O–H groups in total. The number of benzene rings is 1. The van der Waals surface area contributed by atoms with E-state index in [2.05, 4.69) is 18.0 Å². The number of aryl methyl sites for hydroxylation is 2. The van der Waals surface area contributed by atoms with Gasteiger partial charge in [0.2, 0.25) is 0 Å². The summed E-state index contributed by atoms with van der Waals surface area (Å²) >= 11 is 0. The van der Waals surface area contributed by atoms with Gasteiger partial charge in [0, 0.05) is 9.53 Å². The smallest absolute Gasteiger partial charge is 0.154 e. The van der Waals surface area contributed by atoms with Crippen LogP contribution in [0.15, 0.2) is 24.5 Å². The van der Waals surface area contributed by atoms with Crippen LogP contribution >= 0.6 is 0 Å². The number of rotatable bonds is 0. The third kappa shape index (κ3) is 1.33. The molecule has 0 saturated carbocycles. The minimum absolute atomic E-state index is 0.562. The Morgan fingerprint density at radius 2 is 2.00 bits per heavy atom. The van der Waals surface area contributed by atoms with E-state index >= 15 is 0 Å². The molecule has 1 aromatic carbocycles. The van der Waals surface area contributed by atoms with Crippen LogP contribution in [0.5, 0.6) is 0 Å². The van der Waals surface area contributed by atoms with E-state index in [1.165, 1.54) is 0 Å². The molecule has 0 radical (unpaired) electrons. The van der Waals surface area contributed by atoms with Gasteiger partial charge in [-0.1, -0.05) is 32.0 Å². The molecule has 19 heavy (non-hydrogen) atoms. The Morgan fingerprint density at radius 1 is 1.26 bits per heavy atom. The van der Waals surface area contributed by atoms with Crippen molar-refractivity contribution >= 4 is 0 Å². The van der Waals surface area contributed by atoms with Crippen LogP contribution in [-0.4, -0.2) is 9.67 Å². The zero-order chi connectivity index (χ0) is 16.5. The van der Waals surface area contributed by atoms with Gasteiger partial charge in [-0.3, -0.25) is 0 Å². The van der Waals surface area contributed by atoms with Crippen LogP contribution in [0.4, 0.5) is 0 Å². The van der Waals surface area contributed by atoms with Crippen LogP contribution in [0.2, 0.25) is 0 Å². The minimum Gasteiger partial charge on any atom is -0.154 e. The number of fused-ring (bicyclic) bond motifs is 3. The number of para-hydroxylation sites is 1. The van der Waals surface area contributed by atoms with Crippen LogP contribution in [0, 0.1) is 6.92 Å². The second kappa shape index (κ2) is 3.47. The zero-order valence-corrected chi connectivity index (χ0v) is 12.2. The molecule has 0 bridgehead atoms. The number of aromatic nitrogens is 3. The van der Waals surface area contributed by atoms with Gasteiger partial charge in [0.25, 0.3) is 5.82 Å². The summed E-state index contributed by atoms with van der Waals surface area (Å²) in [6, 6.07) is 6.09. The van der Waals surface area contributed by atoms with Gasteiger partial charge in [-0.2, -0.15) is 4.68 Å². The standard InChI is InChI=1S/C16H22N3/c1-11-8-7-9-12-13(11)19-14(17-10-18(19)6)16(4,5)15(12,2)3/h7-10H,1-6H3/q+1/i4D3. The molecule has 0 aliphatic carbocycles. The summed E-state index contributed by atoms with van der Waals surface area (Å²) < 4.78 is 28.4. The SMILES string of the molecule is [2H]C([2H])([2H])C1(C)c2nc[n+](C)n2-c2c(C)cccc2C1(C)C. The van der Waals surface area contributed by atoms with Crippen molar-refractivity contribution in [1.82, 2.24) is 9.67 Å². The maximum atomic E-state index is 8.18. The summed E-state index contributed by atoms with van der Waals surface area (Å²) in [5.41, 5.74) is 1.58. The van der Waals surface area contributed by atoms with Crippen LogP contribution in [0.3, 0.4) is 0 Å². The average molecular weight is 259 g/mol. The predicted octanol–water partition coefficient (Wildman–Crippen LogP) is 2.57. The van der Waals surface area contributed by atoms with Gasteiger partial charge in [-0.15, -0.1) is 4.68 Å². The first-order valence-corrected chi connectivity index (χ1v) is 6.58. The van der Waals surface area contributed by atoms with Crippen molar-refractivity contribution in [2.24, 2.45) is 7.05 Å². The highest BCUT2D eigenvalue weighted by Gasteiger charge is 2.51. The highest BCUT2D eigenvalue weighted by atomic mass is 15.4. The normalized spacial score (nSPS) is 26.9. The fraction of sp³-hybridized carbons (Fsp3) is 0.500. The molecule has 0 spiro atoms. The van der Waals surface area contributed by atoms with E-state index in [1.54, 1.807) is 6.33 Å². The Morgan fingerprint density at radius 3 is 2.68 bits per heavy atom. The highest BCUT2D eigenvalue weighted by Crippen LogP contribution is 2.49. The molecule has 1 aliphatic rings. The third-order valence-electron chi connectivity index (χ3n) is 4.68. The molecule has 2 heterocycles. The van der Waals surface area contributed by atoms with Crippen LogP contribution in [0.1, 0.15) is 48.7 Å². The number of nitrogens with zero attached hydrogens (tertiary/aromatic N) is 3. The largest absolute Gasteiger partial charge is 0.307 e. The van der Waals surface area contributed by atoms with Gasteiger partial charge < -0.3 is 0 Å². The van der Waals surface area contributed by atoms with Crippen molar-refractivity contribution in [1.29, 1.82) is 0 Å². The topological polar surface area (TPSA) is 21.7 Å². The fourth-order valence-corrected chi connectivity index (χ4v) is 2.99. The number of hydrogen-bond acceptors (Lipinski definition) is 1. The second-order valence-electron chi connectivity index (χ2n) is 6.17. The van der Waals surface area contributed by atoms with Crippen LogP contribution in [-0.2, 0) is 17.9 Å². The Hall–Kier alpha value is -1.64. The molecule has 3 rings (SSSR count). The molecule has 0 saturated heterocycles. The van der Waals surface area contributed by atoms with Gasteiger partial charge in [0.1, 0.15) is 7.05 Å². The fourth-order valence-electron chi connectivity index (χ4n) is 2.99. The van der Waals surface area contributed by atoms with Crippen molar-refractivity contribution in [2.75, 3.05) is 0 Å². The van der Waals surface area contributed by atoms with E-state index < -0.39 is 17.7 Å². The minimum atomic E-state index is -2.16. The summed E-state index contributed by atoms with van der Waals surface area (Å²) in [7, 11) is 1.89. The average Bonchev–Trinajstić information content (AvgIpc) is 2.77. The van der Waals surface area contributed by atoms with Crippen molar-refractivity contribution in [2.45, 2.75) is 45.4 Å². The van der Waals surface area contributed by atoms with E-state index in [0.29, 0.717) is 5.82 Å². The van der Waals surface area contributed by atoms with Crippen molar-refractivity contribution in [3.05, 3.63) is 41.5 Å². The maximum absolute atomic E-state index is 8.18. The third-order valence-corrected chi connectivity index (χ3v) is 4.68. The van der Waals surface area contributed by atoms with Crippen LogP contribution in [0.25, 0.3) is 5.69 Å². The van der Waals surface area contributed by atoms with E-state index in [4.69, 9.17) is 4.11 Å². The van der Waals surface area contributed by atoms with Gasteiger partial charge in [-0.25, -0.2) is 0 Å². The summed E-state index contributed by atoms with van der Waals surface area (Å²) in [6.07, 6.45) is 1.69. The molecule has 3 nitrogen and oxygen atoms in total. The summed E-state index contributed by atoms with van der Waals surface area (Å²) in [4.78, 5) is 4.48. The lowest BCUT2D eigenvalue weighted by Crippen LogP contribution is -2.51. The molecule has 0 amide bonds. The molecule has 0 fully saturated rings. The quantitative estimate of drug-likeness (QED) is 0.666. The van der Waals surface area contributed by atoms with E-state index in [0.717, 1.165) is 16.8 Å². The Balaban J connectivity index is 2.50. The van der Waals surface area contributed by atoms with Crippen molar-refractivity contribution in [3.8, 4) is 5.69 Å². The molecular weight excluding hydrogens is 234 g/mol. The zero-order valence-electron chi connectivity index (χ0n) is 15.2. The van der Waals surface area contributed by atoms with E-state index in [1.807, 2.05) is 49.3 Å². The molecule has 2 aromatic rings. The lowest BCUT2D eigenvalue weighted by Gasteiger charge is -2.44. The van der Waals surface area contributed by atoms with Gasteiger partial charge >= 0.3 is 6.33 Å². The van der Waals surface area contributed by atoms with Crippen molar-refractivity contribution < 1.29 is 8.79 Å². The molecular formula is C16H22N3+. The summed E-state index contributed by atoms with van der Waals surface area (Å²) in [5.74, 6) is 0.599. The molecule has 1 aromatic heterocycles. The predicted molar refractivity (Wildman–Crippen MR) is 75.5 cm³/mol. The van der Waals surface area contributed by atoms with Gasteiger partial charge in [-0.05, 0) is 36.8 Å². The summed E-state index contributed by atoms with van der Waals surface area (Å²) in [5, 5.41) is 0. The second-order valence-corrected chi connectivity index (χ2v) is 6.17. The van der Waals surface area contributed by atoms with Gasteiger partial charge in [0.15, 0.2) is 0 Å². The summed E-state index contributed by atoms with van der Waals surface area (Å²) in [6.45, 7) is 5.72. The maximum Gasteiger partial charge on any atom is 0.307 e. The molecule has 1 atom stereocenters. The van der Waals surface area contributed by atoms with Gasteiger partial charge in [0.05, 0.1) is 11.1 Å². The first kappa shape index (κ1) is 9.29. The van der Waals surface area contributed by atoms with Crippen molar-refractivity contribution in [3.63, 3.8) is 0 Å². The highest BCUT2D eigenvalue weighted by molar-refractivity contribution is 5.55. The monoisotopic (exact) mass is 259 g/mol. The Bertz CT molecular complexity index is 758. The Kier molecular flexibility index (Phi) is 1.70. The van der Waals surface area contributed by atoms with Crippen LogP contribution < -0.4 is 4.68 Å². The first-order chi connectivity index (χ1) is 10.0. The number of hydrogen-bond donors (Lipinski definition) is 0. The lowest BCUT2D eigenvalue weighted by molar-refractivity contribution is -0.746. The molecule has 3 heteroatoms.